The molecular weight excluding hydrogens is 196 g/mol. The third kappa shape index (κ3) is 6.43. The van der Waals surface area contributed by atoms with E-state index in [1.165, 1.54) is 0 Å². The van der Waals surface area contributed by atoms with Gasteiger partial charge in [-0.3, -0.25) is 0 Å². The van der Waals surface area contributed by atoms with Crippen LogP contribution >= 0.6 is 0 Å². The summed E-state index contributed by atoms with van der Waals surface area (Å²) in [4.78, 5) is 0. The lowest BCUT2D eigenvalue weighted by Crippen LogP contribution is -2.47. The van der Waals surface area contributed by atoms with Crippen LogP contribution in [0.2, 0.25) is 32.2 Å². The van der Waals surface area contributed by atoms with Crippen LogP contribution in [0.1, 0.15) is 20.8 Å². The number of hydrogen-bond acceptors (Lipinski definition) is 2. The molecule has 0 saturated carbocycles. The van der Waals surface area contributed by atoms with Gasteiger partial charge in [0.25, 0.3) is 0 Å². The molecule has 0 spiro atoms. The summed E-state index contributed by atoms with van der Waals surface area (Å²) < 4.78 is 12.0. The lowest BCUT2D eigenvalue weighted by Gasteiger charge is -2.33. The summed E-state index contributed by atoms with van der Waals surface area (Å²) in [5.74, 6) is 0. The van der Waals surface area contributed by atoms with Crippen molar-refractivity contribution in [3.63, 3.8) is 0 Å². The molecular formula is C9H24O2Si2. The minimum Gasteiger partial charge on any atom is -0.436 e. The van der Waals surface area contributed by atoms with Crippen molar-refractivity contribution in [2.45, 2.75) is 59.1 Å². The SMILES string of the molecule is CC[Si](C)(C)O[Si](C)(C)OC(C)C. The predicted octanol–water partition coefficient (Wildman–Crippen LogP) is 3.35. The molecule has 0 heterocycles. The molecule has 0 aromatic carbocycles. The summed E-state index contributed by atoms with van der Waals surface area (Å²) in [5, 5.41) is 0. The molecule has 2 nitrogen and oxygen atoms in total. The molecule has 0 fully saturated rings. The van der Waals surface area contributed by atoms with Crippen LogP contribution in [0.15, 0.2) is 0 Å². The van der Waals surface area contributed by atoms with Crippen molar-refractivity contribution in [2.75, 3.05) is 0 Å². The second-order valence-corrected chi connectivity index (χ2v) is 12.9. The predicted molar refractivity (Wildman–Crippen MR) is 62.8 cm³/mol. The molecule has 80 valence electrons. The fourth-order valence-electron chi connectivity index (χ4n) is 1.33. The second-order valence-electron chi connectivity index (χ2n) is 4.78. The molecule has 0 aliphatic rings. The zero-order valence-electron chi connectivity index (χ0n) is 10.1. The molecule has 4 heteroatoms. The van der Waals surface area contributed by atoms with Crippen LogP contribution in [0.25, 0.3) is 0 Å². The maximum Gasteiger partial charge on any atom is 0.321 e. The van der Waals surface area contributed by atoms with E-state index in [4.69, 9.17) is 8.54 Å². The number of hydrogen-bond donors (Lipinski definition) is 0. The van der Waals surface area contributed by atoms with E-state index < -0.39 is 16.9 Å². The van der Waals surface area contributed by atoms with Crippen LogP contribution in [0.5, 0.6) is 0 Å². The zero-order valence-corrected chi connectivity index (χ0v) is 12.1. The van der Waals surface area contributed by atoms with E-state index >= 15 is 0 Å². The van der Waals surface area contributed by atoms with Crippen LogP contribution in [0, 0.1) is 0 Å². The highest BCUT2D eigenvalue weighted by molar-refractivity contribution is 6.82. The molecule has 0 aromatic heterocycles. The Morgan fingerprint density at radius 2 is 1.54 bits per heavy atom. The molecule has 0 saturated heterocycles. The van der Waals surface area contributed by atoms with Crippen LogP contribution in [-0.2, 0) is 8.54 Å². The second kappa shape index (κ2) is 4.73. The van der Waals surface area contributed by atoms with Crippen molar-refractivity contribution in [1.82, 2.24) is 0 Å². The van der Waals surface area contributed by atoms with Crippen LogP contribution < -0.4 is 0 Å². The summed E-state index contributed by atoms with van der Waals surface area (Å²) in [6.07, 6.45) is 0.281. The minimum atomic E-state index is -1.86. The first-order valence-corrected chi connectivity index (χ1v) is 11.0. The van der Waals surface area contributed by atoms with Gasteiger partial charge in [-0.1, -0.05) is 6.92 Å². The summed E-state index contributed by atoms with van der Waals surface area (Å²) in [6.45, 7) is 15.1. The first-order valence-electron chi connectivity index (χ1n) is 5.06. The van der Waals surface area contributed by atoms with Crippen molar-refractivity contribution in [3.05, 3.63) is 0 Å². The van der Waals surface area contributed by atoms with Gasteiger partial charge in [-0.2, -0.15) is 0 Å². The highest BCUT2D eigenvalue weighted by Crippen LogP contribution is 2.19. The average Bonchev–Trinajstić information content (AvgIpc) is 1.81. The fourth-order valence-corrected chi connectivity index (χ4v) is 8.56. The molecule has 0 N–H and O–H groups in total. The Bertz CT molecular complexity index is 156. The third-order valence-corrected chi connectivity index (χ3v) is 8.81. The van der Waals surface area contributed by atoms with Gasteiger partial charge in [0, 0.05) is 6.10 Å². The van der Waals surface area contributed by atoms with Crippen molar-refractivity contribution >= 4 is 16.9 Å². The molecule has 0 aliphatic heterocycles. The Labute approximate surface area is 85.0 Å². The van der Waals surface area contributed by atoms with Gasteiger partial charge >= 0.3 is 8.56 Å². The minimum absolute atomic E-state index is 0.281. The molecule has 0 aromatic rings. The molecule has 0 unspecified atom stereocenters. The zero-order chi connectivity index (χ0) is 10.7. The van der Waals surface area contributed by atoms with Gasteiger partial charge in [-0.25, -0.2) is 0 Å². The average molecular weight is 220 g/mol. The van der Waals surface area contributed by atoms with Gasteiger partial charge in [-0.05, 0) is 46.1 Å². The Balaban J connectivity index is 4.16. The Kier molecular flexibility index (Phi) is 4.86. The van der Waals surface area contributed by atoms with Gasteiger partial charge < -0.3 is 8.54 Å². The molecule has 0 amide bonds. The van der Waals surface area contributed by atoms with Gasteiger partial charge in [0.2, 0.25) is 0 Å². The van der Waals surface area contributed by atoms with Crippen molar-refractivity contribution < 1.29 is 8.54 Å². The van der Waals surface area contributed by atoms with Crippen molar-refractivity contribution in [1.29, 1.82) is 0 Å². The summed E-state index contributed by atoms with van der Waals surface area (Å²) in [5.41, 5.74) is 0. The van der Waals surface area contributed by atoms with E-state index in [0.29, 0.717) is 0 Å². The van der Waals surface area contributed by atoms with Crippen LogP contribution in [0.4, 0.5) is 0 Å². The van der Waals surface area contributed by atoms with E-state index in [-0.39, 0.29) is 6.10 Å². The standard InChI is InChI=1S/C9H24O2Si2/c1-8-12(4,5)11-13(6,7)10-9(2)3/h9H,8H2,1-7H3. The van der Waals surface area contributed by atoms with Gasteiger partial charge in [0.1, 0.15) is 0 Å². The normalized spacial score (nSPS) is 13.8. The van der Waals surface area contributed by atoms with Crippen molar-refractivity contribution in [3.8, 4) is 0 Å². The molecule has 0 atom stereocenters. The first kappa shape index (κ1) is 13.4. The monoisotopic (exact) mass is 220 g/mol. The number of rotatable bonds is 5. The molecule has 13 heavy (non-hydrogen) atoms. The van der Waals surface area contributed by atoms with E-state index in [0.717, 1.165) is 6.04 Å². The lowest BCUT2D eigenvalue weighted by molar-refractivity contribution is 0.187. The topological polar surface area (TPSA) is 18.5 Å². The van der Waals surface area contributed by atoms with E-state index in [2.05, 4.69) is 47.0 Å². The van der Waals surface area contributed by atoms with Gasteiger partial charge in [0.15, 0.2) is 8.32 Å². The van der Waals surface area contributed by atoms with Crippen molar-refractivity contribution in [2.24, 2.45) is 0 Å². The first-order chi connectivity index (χ1) is 5.68. The summed E-state index contributed by atoms with van der Waals surface area (Å²) >= 11 is 0. The molecule has 0 radical (unpaired) electrons. The smallest absolute Gasteiger partial charge is 0.321 e. The van der Waals surface area contributed by atoms with E-state index in [1.54, 1.807) is 0 Å². The Hall–Kier alpha value is 0.354. The Morgan fingerprint density at radius 3 is 1.85 bits per heavy atom. The molecule has 0 rings (SSSR count). The van der Waals surface area contributed by atoms with Gasteiger partial charge in [-0.15, -0.1) is 0 Å². The van der Waals surface area contributed by atoms with E-state index in [9.17, 15) is 0 Å². The van der Waals surface area contributed by atoms with Crippen LogP contribution in [0.3, 0.4) is 0 Å². The summed E-state index contributed by atoms with van der Waals surface area (Å²) in [6, 6.07) is 1.16. The van der Waals surface area contributed by atoms with Crippen LogP contribution in [-0.4, -0.2) is 23.0 Å². The summed E-state index contributed by atoms with van der Waals surface area (Å²) in [7, 11) is -3.30. The maximum atomic E-state index is 6.14. The maximum absolute atomic E-state index is 6.14. The fraction of sp³-hybridized carbons (Fsp3) is 1.00. The molecule has 0 bridgehead atoms. The van der Waals surface area contributed by atoms with E-state index in [1.807, 2.05) is 0 Å². The highest BCUT2D eigenvalue weighted by atomic mass is 28.4. The molecule has 0 aliphatic carbocycles. The highest BCUT2D eigenvalue weighted by Gasteiger charge is 2.33. The lowest BCUT2D eigenvalue weighted by atomic mass is 10.5. The largest absolute Gasteiger partial charge is 0.436 e. The third-order valence-electron chi connectivity index (χ3n) is 1.89. The Morgan fingerprint density at radius 1 is 1.08 bits per heavy atom. The quantitative estimate of drug-likeness (QED) is 0.662. The van der Waals surface area contributed by atoms with Gasteiger partial charge in [0.05, 0.1) is 0 Å².